The fraction of sp³-hybridized carbons (Fsp3) is 0.600. The second-order valence-corrected chi connectivity index (χ2v) is 5.37. The molecule has 1 atom stereocenters. The smallest absolute Gasteiger partial charge is 0.241 e. The molecule has 1 aromatic heterocycles. The van der Waals surface area contributed by atoms with Crippen LogP contribution < -0.4 is 5.32 Å². The Bertz CT molecular complexity index is 536. The average molecular weight is 276 g/mol. The number of carbonyl (C=O) groups is 1. The van der Waals surface area contributed by atoms with Gasteiger partial charge in [-0.15, -0.1) is 0 Å². The van der Waals surface area contributed by atoms with E-state index in [-0.39, 0.29) is 11.9 Å². The van der Waals surface area contributed by atoms with Gasteiger partial charge in [-0.3, -0.25) is 4.79 Å². The first-order valence-corrected chi connectivity index (χ1v) is 6.85. The summed E-state index contributed by atoms with van der Waals surface area (Å²) < 4.78 is 10.7. The summed E-state index contributed by atoms with van der Waals surface area (Å²) in [5.41, 5.74) is -0.00450. The van der Waals surface area contributed by atoms with Crippen molar-refractivity contribution in [3.63, 3.8) is 0 Å². The number of hydrogen-bond donors (Lipinski definition) is 1. The lowest BCUT2D eigenvalue weighted by atomic mass is 9.80. The molecule has 1 aliphatic rings. The van der Waals surface area contributed by atoms with Crippen molar-refractivity contribution in [1.82, 2.24) is 5.32 Å². The highest BCUT2D eigenvalue weighted by Gasteiger charge is 2.41. The maximum absolute atomic E-state index is 12.4. The van der Waals surface area contributed by atoms with Gasteiger partial charge in [0.1, 0.15) is 16.9 Å². The van der Waals surface area contributed by atoms with E-state index in [1.807, 2.05) is 26.8 Å². The standard InChI is InChI=1S/C15H20N2O3/c1-10-8-13(12(3)20-10)11(2)17-14(18)15(9-16)4-6-19-7-5-15/h8,11H,4-7H2,1-3H3,(H,17,18). The topological polar surface area (TPSA) is 75.3 Å². The number of rotatable bonds is 3. The van der Waals surface area contributed by atoms with Gasteiger partial charge in [-0.05, 0) is 39.7 Å². The molecule has 1 unspecified atom stereocenters. The van der Waals surface area contributed by atoms with Crippen LogP contribution in [0.1, 0.15) is 42.9 Å². The number of nitrogens with zero attached hydrogens (tertiary/aromatic N) is 1. The van der Waals surface area contributed by atoms with Crippen molar-refractivity contribution in [2.45, 2.75) is 39.7 Å². The van der Waals surface area contributed by atoms with Crippen LogP contribution in [-0.4, -0.2) is 19.1 Å². The molecule has 0 spiro atoms. The van der Waals surface area contributed by atoms with Gasteiger partial charge >= 0.3 is 0 Å². The Morgan fingerprint density at radius 1 is 1.45 bits per heavy atom. The van der Waals surface area contributed by atoms with Crippen molar-refractivity contribution < 1.29 is 13.9 Å². The van der Waals surface area contributed by atoms with Crippen LogP contribution in [0.5, 0.6) is 0 Å². The second-order valence-electron chi connectivity index (χ2n) is 5.37. The molecule has 5 heteroatoms. The largest absolute Gasteiger partial charge is 0.466 e. The molecule has 1 fully saturated rings. The lowest BCUT2D eigenvalue weighted by Crippen LogP contribution is -2.44. The van der Waals surface area contributed by atoms with Gasteiger partial charge < -0.3 is 14.5 Å². The first-order chi connectivity index (χ1) is 9.48. The lowest BCUT2D eigenvalue weighted by molar-refractivity contribution is -0.133. The Kier molecular flexibility index (Phi) is 4.15. The normalized spacial score (nSPS) is 19.1. The minimum absolute atomic E-state index is 0.173. The molecule has 1 saturated heterocycles. The first kappa shape index (κ1) is 14.6. The van der Waals surface area contributed by atoms with E-state index in [9.17, 15) is 10.1 Å². The van der Waals surface area contributed by atoms with E-state index in [0.717, 1.165) is 17.1 Å². The molecule has 2 rings (SSSR count). The van der Waals surface area contributed by atoms with E-state index >= 15 is 0 Å². The Hall–Kier alpha value is -1.80. The minimum Gasteiger partial charge on any atom is -0.466 e. The molecule has 0 aliphatic carbocycles. The van der Waals surface area contributed by atoms with Crippen molar-refractivity contribution in [3.8, 4) is 6.07 Å². The van der Waals surface area contributed by atoms with Crippen LogP contribution in [0.2, 0.25) is 0 Å². The third-order valence-corrected chi connectivity index (χ3v) is 3.89. The van der Waals surface area contributed by atoms with Crippen LogP contribution in [0.15, 0.2) is 10.5 Å². The lowest BCUT2D eigenvalue weighted by Gasteiger charge is -2.30. The number of nitrogens with one attached hydrogen (secondary N) is 1. The van der Waals surface area contributed by atoms with Crippen molar-refractivity contribution >= 4 is 5.91 Å². The van der Waals surface area contributed by atoms with Crippen molar-refractivity contribution in [3.05, 3.63) is 23.2 Å². The maximum atomic E-state index is 12.4. The number of amides is 1. The van der Waals surface area contributed by atoms with Crippen LogP contribution >= 0.6 is 0 Å². The molecule has 5 nitrogen and oxygen atoms in total. The molecular formula is C15H20N2O3. The third-order valence-electron chi connectivity index (χ3n) is 3.89. The van der Waals surface area contributed by atoms with E-state index in [0.29, 0.717) is 26.1 Å². The monoisotopic (exact) mass is 276 g/mol. The van der Waals surface area contributed by atoms with E-state index < -0.39 is 5.41 Å². The molecular weight excluding hydrogens is 256 g/mol. The Labute approximate surface area is 118 Å². The van der Waals surface area contributed by atoms with Gasteiger partial charge in [0.05, 0.1) is 12.1 Å². The predicted molar refractivity (Wildman–Crippen MR) is 72.8 cm³/mol. The Morgan fingerprint density at radius 2 is 2.10 bits per heavy atom. The number of ether oxygens (including phenoxy) is 1. The zero-order chi connectivity index (χ0) is 14.8. The summed E-state index contributed by atoms with van der Waals surface area (Å²) in [6, 6.07) is 3.93. The molecule has 2 heterocycles. The van der Waals surface area contributed by atoms with Crippen molar-refractivity contribution in [2.24, 2.45) is 5.41 Å². The maximum Gasteiger partial charge on any atom is 0.241 e. The SMILES string of the molecule is Cc1cc(C(C)NC(=O)C2(C#N)CCOCC2)c(C)o1. The summed E-state index contributed by atoms with van der Waals surface area (Å²) in [4.78, 5) is 12.4. The van der Waals surface area contributed by atoms with E-state index in [4.69, 9.17) is 9.15 Å². The van der Waals surface area contributed by atoms with Crippen LogP contribution in [0.3, 0.4) is 0 Å². The van der Waals surface area contributed by atoms with Crippen molar-refractivity contribution in [1.29, 1.82) is 5.26 Å². The van der Waals surface area contributed by atoms with Gasteiger partial charge in [-0.2, -0.15) is 5.26 Å². The van der Waals surface area contributed by atoms with Gasteiger partial charge in [0, 0.05) is 18.8 Å². The molecule has 0 aromatic carbocycles. The Morgan fingerprint density at radius 3 is 2.60 bits per heavy atom. The summed E-state index contributed by atoms with van der Waals surface area (Å²) in [5.74, 6) is 1.40. The zero-order valence-electron chi connectivity index (χ0n) is 12.2. The molecule has 1 amide bonds. The highest BCUT2D eigenvalue weighted by molar-refractivity contribution is 5.85. The molecule has 1 N–H and O–H groups in total. The quantitative estimate of drug-likeness (QED) is 0.919. The molecule has 20 heavy (non-hydrogen) atoms. The molecule has 0 radical (unpaired) electrons. The molecule has 0 saturated carbocycles. The van der Waals surface area contributed by atoms with Gasteiger partial charge in [0.2, 0.25) is 5.91 Å². The number of aryl methyl sites for hydroxylation is 2. The third kappa shape index (κ3) is 2.70. The van der Waals surface area contributed by atoms with Gasteiger partial charge in [-0.25, -0.2) is 0 Å². The zero-order valence-corrected chi connectivity index (χ0v) is 12.2. The van der Waals surface area contributed by atoms with Crippen LogP contribution in [-0.2, 0) is 9.53 Å². The number of hydrogen-bond acceptors (Lipinski definition) is 4. The molecule has 1 aromatic rings. The van der Waals surface area contributed by atoms with Crippen LogP contribution in [0, 0.1) is 30.6 Å². The highest BCUT2D eigenvalue weighted by atomic mass is 16.5. The van der Waals surface area contributed by atoms with E-state index in [2.05, 4.69) is 11.4 Å². The number of carbonyl (C=O) groups excluding carboxylic acids is 1. The van der Waals surface area contributed by atoms with E-state index in [1.54, 1.807) is 0 Å². The average Bonchev–Trinajstić information content (AvgIpc) is 2.78. The predicted octanol–water partition coefficient (Wildman–Crippen LogP) is 2.39. The minimum atomic E-state index is -0.959. The Balaban J connectivity index is 2.11. The molecule has 1 aliphatic heterocycles. The number of furan rings is 1. The summed E-state index contributed by atoms with van der Waals surface area (Å²) in [5, 5.41) is 12.3. The molecule has 108 valence electrons. The van der Waals surface area contributed by atoms with Crippen LogP contribution in [0.4, 0.5) is 0 Å². The van der Waals surface area contributed by atoms with Crippen LogP contribution in [0.25, 0.3) is 0 Å². The highest BCUT2D eigenvalue weighted by Crippen LogP contribution is 2.31. The summed E-state index contributed by atoms with van der Waals surface area (Å²) in [7, 11) is 0. The summed E-state index contributed by atoms with van der Waals surface area (Å²) in [6.07, 6.45) is 0.900. The first-order valence-electron chi connectivity index (χ1n) is 6.85. The summed E-state index contributed by atoms with van der Waals surface area (Å²) >= 11 is 0. The van der Waals surface area contributed by atoms with Gasteiger partial charge in [0.25, 0.3) is 0 Å². The molecule has 0 bridgehead atoms. The number of nitriles is 1. The van der Waals surface area contributed by atoms with Gasteiger partial charge in [0.15, 0.2) is 0 Å². The van der Waals surface area contributed by atoms with Gasteiger partial charge in [-0.1, -0.05) is 0 Å². The second kappa shape index (κ2) is 5.68. The summed E-state index contributed by atoms with van der Waals surface area (Å²) in [6.45, 7) is 6.57. The fourth-order valence-electron chi connectivity index (χ4n) is 2.60. The fourth-order valence-corrected chi connectivity index (χ4v) is 2.60. The van der Waals surface area contributed by atoms with E-state index in [1.165, 1.54) is 0 Å². The van der Waals surface area contributed by atoms with Crippen molar-refractivity contribution in [2.75, 3.05) is 13.2 Å².